The van der Waals surface area contributed by atoms with Gasteiger partial charge in [0.25, 0.3) is 15.9 Å². The number of aromatic nitrogens is 2. The molecule has 5 aromatic rings. The van der Waals surface area contributed by atoms with E-state index in [1.807, 2.05) is 51.6 Å². The molecule has 1 aliphatic heterocycles. The fraction of sp³-hybridized carbons (Fsp3) is 0.194. The Morgan fingerprint density at radius 1 is 1.00 bits per heavy atom. The Morgan fingerprint density at radius 3 is 2.50 bits per heavy atom. The van der Waals surface area contributed by atoms with Crippen molar-refractivity contribution in [2.45, 2.75) is 18.0 Å². The van der Waals surface area contributed by atoms with Gasteiger partial charge >= 0.3 is 0 Å². The molecule has 212 valence electrons. The maximum atomic E-state index is 14.2. The Labute approximate surface area is 252 Å². The molecule has 0 N–H and O–H groups in total. The fourth-order valence-corrected chi connectivity index (χ4v) is 8.39. The quantitative estimate of drug-likeness (QED) is 0.226. The predicted octanol–water partition coefficient (Wildman–Crippen LogP) is 5.60. The molecule has 1 amide bonds. The molecule has 3 heterocycles. The first kappa shape index (κ1) is 28.0. The fourth-order valence-electron chi connectivity index (χ4n) is 4.96. The molecule has 8 nitrogen and oxygen atoms in total. The van der Waals surface area contributed by atoms with Crippen LogP contribution in [-0.4, -0.2) is 53.4 Å². The summed E-state index contributed by atoms with van der Waals surface area (Å²) in [6.45, 7) is 1.93. The Hall–Kier alpha value is -4.11. The summed E-state index contributed by atoms with van der Waals surface area (Å²) in [6, 6.07) is 25.2. The number of thiophene rings is 1. The largest absolute Gasteiger partial charge is 0.336 e. The number of fused-ring (bicyclic) bond motifs is 1. The first-order chi connectivity index (χ1) is 20.4. The van der Waals surface area contributed by atoms with Crippen molar-refractivity contribution in [3.05, 3.63) is 113 Å². The Kier molecular flexibility index (Phi) is 8.02. The normalized spacial score (nSPS) is 13.6. The zero-order valence-electron chi connectivity index (χ0n) is 22.6. The summed E-state index contributed by atoms with van der Waals surface area (Å²) in [4.78, 5) is 20.3. The van der Waals surface area contributed by atoms with Crippen LogP contribution in [0.15, 0.2) is 96.3 Å². The molecule has 0 spiro atoms. The third-order valence-corrected chi connectivity index (χ3v) is 11.0. The van der Waals surface area contributed by atoms with Gasteiger partial charge < -0.3 is 9.47 Å². The molecule has 1 aliphatic rings. The minimum atomic E-state index is -3.99. The highest BCUT2D eigenvalue weighted by Crippen LogP contribution is 2.37. The van der Waals surface area contributed by atoms with Gasteiger partial charge in [-0.15, -0.1) is 11.3 Å². The number of anilines is 1. The third kappa shape index (κ3) is 5.66. The SMILES string of the molecule is N#Cc1ccc(Cn2cncc2CN(c2cccc3sc(C(=O)N4CCSCC4)cc23)S(=O)(=O)c2ccccc2)cc1. The van der Waals surface area contributed by atoms with Crippen molar-refractivity contribution in [1.82, 2.24) is 14.5 Å². The molecule has 42 heavy (non-hydrogen) atoms. The summed E-state index contributed by atoms with van der Waals surface area (Å²) in [7, 11) is -3.99. The van der Waals surface area contributed by atoms with Gasteiger partial charge in [-0.3, -0.25) is 9.10 Å². The van der Waals surface area contributed by atoms with E-state index in [0.29, 0.717) is 41.5 Å². The number of benzene rings is 3. The number of rotatable bonds is 8. The number of carbonyl (C=O) groups excluding carboxylic acids is 1. The van der Waals surface area contributed by atoms with Gasteiger partial charge in [-0.1, -0.05) is 36.4 Å². The van der Waals surface area contributed by atoms with E-state index >= 15 is 0 Å². The van der Waals surface area contributed by atoms with Crippen LogP contribution in [0, 0.1) is 11.3 Å². The number of amides is 1. The van der Waals surface area contributed by atoms with Gasteiger partial charge in [0.15, 0.2) is 0 Å². The van der Waals surface area contributed by atoms with E-state index in [-0.39, 0.29) is 17.3 Å². The Balaban J connectivity index is 1.40. The molecule has 0 saturated carbocycles. The van der Waals surface area contributed by atoms with Crippen LogP contribution in [-0.2, 0) is 23.1 Å². The van der Waals surface area contributed by atoms with E-state index in [1.54, 1.807) is 61.1 Å². The second kappa shape index (κ2) is 12.0. The third-order valence-electron chi connectivity index (χ3n) is 7.19. The topological polar surface area (TPSA) is 99.3 Å². The zero-order valence-corrected chi connectivity index (χ0v) is 25.0. The van der Waals surface area contributed by atoms with Crippen LogP contribution < -0.4 is 4.31 Å². The lowest BCUT2D eigenvalue weighted by molar-refractivity contribution is 0.0777. The first-order valence-corrected chi connectivity index (χ1v) is 16.8. The first-order valence-electron chi connectivity index (χ1n) is 13.4. The zero-order chi connectivity index (χ0) is 29.1. The van der Waals surface area contributed by atoms with Crippen molar-refractivity contribution >= 4 is 54.8 Å². The van der Waals surface area contributed by atoms with Crippen molar-refractivity contribution in [3.8, 4) is 6.07 Å². The monoisotopic (exact) mass is 613 g/mol. The van der Waals surface area contributed by atoms with Gasteiger partial charge in [-0.25, -0.2) is 13.4 Å². The van der Waals surface area contributed by atoms with E-state index in [4.69, 9.17) is 5.26 Å². The van der Waals surface area contributed by atoms with Crippen molar-refractivity contribution in [3.63, 3.8) is 0 Å². The minimum absolute atomic E-state index is 0.0135. The van der Waals surface area contributed by atoms with Crippen LogP contribution in [0.5, 0.6) is 0 Å². The van der Waals surface area contributed by atoms with Crippen molar-refractivity contribution in [2.75, 3.05) is 28.9 Å². The van der Waals surface area contributed by atoms with E-state index in [0.717, 1.165) is 27.2 Å². The number of nitriles is 1. The number of sulfonamides is 1. The number of thioether (sulfide) groups is 1. The highest BCUT2D eigenvalue weighted by Gasteiger charge is 2.29. The lowest BCUT2D eigenvalue weighted by Crippen LogP contribution is -2.37. The maximum Gasteiger partial charge on any atom is 0.264 e. The molecule has 1 fully saturated rings. The van der Waals surface area contributed by atoms with Crippen LogP contribution in [0.25, 0.3) is 10.1 Å². The summed E-state index contributed by atoms with van der Waals surface area (Å²) >= 11 is 3.24. The molecule has 1 saturated heterocycles. The molecule has 0 atom stereocenters. The van der Waals surface area contributed by atoms with Gasteiger partial charge in [0, 0.05) is 47.4 Å². The minimum Gasteiger partial charge on any atom is -0.336 e. The van der Waals surface area contributed by atoms with Crippen molar-refractivity contribution in [2.24, 2.45) is 0 Å². The predicted molar refractivity (Wildman–Crippen MR) is 167 cm³/mol. The lowest BCUT2D eigenvalue weighted by Gasteiger charge is -2.26. The molecular weight excluding hydrogens is 587 g/mol. The molecule has 3 aromatic carbocycles. The second-order valence-corrected chi connectivity index (χ2v) is 14.0. The number of imidazole rings is 1. The standard InChI is InChI=1S/C31H27N5O3S3/c32-18-23-9-11-24(12-10-23)20-35-22-33-19-25(35)21-36(42(38,39)26-5-2-1-3-6-26)28-7-4-8-29-27(28)17-30(41-29)31(37)34-13-15-40-16-14-34/h1-12,17,19,22H,13-16,20-21H2. The molecule has 0 aliphatic carbocycles. The molecule has 0 bridgehead atoms. The van der Waals surface area contributed by atoms with E-state index < -0.39 is 10.0 Å². The van der Waals surface area contributed by atoms with Crippen molar-refractivity contribution in [1.29, 1.82) is 5.26 Å². The number of hydrogen-bond donors (Lipinski definition) is 0. The summed E-state index contributed by atoms with van der Waals surface area (Å²) in [5.74, 6) is 1.82. The van der Waals surface area contributed by atoms with Crippen LogP contribution in [0.1, 0.15) is 26.5 Å². The second-order valence-electron chi connectivity index (χ2n) is 9.85. The smallest absolute Gasteiger partial charge is 0.264 e. The number of nitrogens with zero attached hydrogens (tertiary/aromatic N) is 5. The van der Waals surface area contributed by atoms with Crippen LogP contribution >= 0.6 is 23.1 Å². The highest BCUT2D eigenvalue weighted by molar-refractivity contribution is 7.99. The summed E-state index contributed by atoms with van der Waals surface area (Å²) in [5, 5.41) is 9.85. The molecule has 2 aromatic heterocycles. The van der Waals surface area contributed by atoms with Crippen LogP contribution in [0.3, 0.4) is 0 Å². The maximum absolute atomic E-state index is 14.2. The highest BCUT2D eigenvalue weighted by atomic mass is 32.2. The summed E-state index contributed by atoms with van der Waals surface area (Å²) < 4.78 is 32.6. The van der Waals surface area contributed by atoms with Gasteiger partial charge in [-0.05, 0) is 48.0 Å². The lowest BCUT2D eigenvalue weighted by atomic mass is 10.1. The van der Waals surface area contributed by atoms with Gasteiger partial charge in [-0.2, -0.15) is 17.0 Å². The number of carbonyl (C=O) groups is 1. The molecule has 11 heteroatoms. The molecule has 0 radical (unpaired) electrons. The molecule has 6 rings (SSSR count). The van der Waals surface area contributed by atoms with Crippen molar-refractivity contribution < 1.29 is 13.2 Å². The van der Waals surface area contributed by atoms with E-state index in [2.05, 4.69) is 11.1 Å². The number of hydrogen-bond acceptors (Lipinski definition) is 7. The Morgan fingerprint density at radius 2 is 1.76 bits per heavy atom. The van der Waals surface area contributed by atoms with Crippen LogP contribution in [0.4, 0.5) is 5.69 Å². The van der Waals surface area contributed by atoms with E-state index in [1.165, 1.54) is 15.6 Å². The molecule has 0 unspecified atom stereocenters. The Bertz CT molecular complexity index is 1870. The average Bonchev–Trinajstić information content (AvgIpc) is 3.67. The van der Waals surface area contributed by atoms with Gasteiger partial charge in [0.1, 0.15) is 0 Å². The summed E-state index contributed by atoms with van der Waals surface area (Å²) in [6.07, 6.45) is 3.36. The van der Waals surface area contributed by atoms with Crippen LogP contribution in [0.2, 0.25) is 0 Å². The van der Waals surface area contributed by atoms with Gasteiger partial charge in [0.2, 0.25) is 0 Å². The van der Waals surface area contributed by atoms with Gasteiger partial charge in [0.05, 0.1) is 45.7 Å². The molecular formula is C31H27N5O3S3. The van der Waals surface area contributed by atoms with E-state index in [9.17, 15) is 13.2 Å². The average molecular weight is 614 g/mol. The summed E-state index contributed by atoms with van der Waals surface area (Å²) in [5.41, 5.74) is 2.75.